The molecule has 1 aliphatic heterocycles. The zero-order valence-corrected chi connectivity index (χ0v) is 17.8. The third kappa shape index (κ3) is 5.71. The van der Waals surface area contributed by atoms with Crippen LogP contribution in [-0.4, -0.2) is 49.0 Å². The average Bonchev–Trinajstić information content (AvgIpc) is 2.68. The van der Waals surface area contributed by atoms with Gasteiger partial charge >= 0.3 is 0 Å². The topological polar surface area (TPSA) is 32.8 Å². The summed E-state index contributed by atoms with van der Waals surface area (Å²) in [4.78, 5) is 16.9. The van der Waals surface area contributed by atoms with Crippen LogP contribution in [0.4, 0.5) is 0 Å². The molecule has 0 N–H and O–H groups in total. The lowest BCUT2D eigenvalue weighted by atomic mass is 10.1. The molecule has 1 fully saturated rings. The van der Waals surface area contributed by atoms with E-state index in [1.807, 2.05) is 35.2 Å². The third-order valence-electron chi connectivity index (χ3n) is 4.89. The SMILES string of the molecule is COc1ccc(CCC(=O)N2CCN(Cc3ccc(Cl)cc3)CC2)cc1Br. The summed E-state index contributed by atoms with van der Waals surface area (Å²) in [5.41, 5.74) is 2.39. The standard InChI is InChI=1S/C21H24BrClN2O2/c1-27-20-8-4-16(14-19(20)22)5-9-21(26)25-12-10-24(11-13-25)15-17-2-6-18(23)7-3-17/h2-4,6-8,14H,5,9-13,15H2,1H3. The van der Waals surface area contributed by atoms with Crippen molar-refractivity contribution in [2.24, 2.45) is 0 Å². The van der Waals surface area contributed by atoms with Gasteiger partial charge in [-0.2, -0.15) is 0 Å². The van der Waals surface area contributed by atoms with E-state index in [1.165, 1.54) is 5.56 Å². The minimum absolute atomic E-state index is 0.230. The van der Waals surface area contributed by atoms with Crippen molar-refractivity contribution < 1.29 is 9.53 Å². The highest BCUT2D eigenvalue weighted by atomic mass is 79.9. The summed E-state index contributed by atoms with van der Waals surface area (Å²) in [6, 6.07) is 13.9. The van der Waals surface area contributed by atoms with E-state index in [0.717, 1.165) is 60.0 Å². The Morgan fingerprint density at radius 3 is 2.37 bits per heavy atom. The lowest BCUT2D eigenvalue weighted by Gasteiger charge is -2.34. The highest BCUT2D eigenvalue weighted by Gasteiger charge is 2.21. The third-order valence-corrected chi connectivity index (χ3v) is 5.76. The van der Waals surface area contributed by atoms with Crippen molar-refractivity contribution in [1.29, 1.82) is 0 Å². The predicted molar refractivity (Wildman–Crippen MR) is 112 cm³/mol. The molecule has 0 saturated carbocycles. The monoisotopic (exact) mass is 450 g/mol. The maximum absolute atomic E-state index is 12.5. The van der Waals surface area contributed by atoms with Crippen LogP contribution in [0.2, 0.25) is 5.02 Å². The second-order valence-electron chi connectivity index (χ2n) is 6.75. The zero-order valence-electron chi connectivity index (χ0n) is 15.5. The van der Waals surface area contributed by atoms with Crippen LogP contribution in [0.1, 0.15) is 17.5 Å². The Hall–Kier alpha value is -1.56. The van der Waals surface area contributed by atoms with E-state index in [1.54, 1.807) is 7.11 Å². The maximum atomic E-state index is 12.5. The first kappa shape index (κ1) is 20.2. The van der Waals surface area contributed by atoms with Gasteiger partial charge in [-0.05, 0) is 57.7 Å². The van der Waals surface area contributed by atoms with Gasteiger partial charge in [-0.15, -0.1) is 0 Å². The summed E-state index contributed by atoms with van der Waals surface area (Å²) in [6.45, 7) is 4.29. The molecule has 0 spiro atoms. The van der Waals surface area contributed by atoms with E-state index in [4.69, 9.17) is 16.3 Å². The fourth-order valence-corrected chi connectivity index (χ4v) is 3.99. The molecule has 1 heterocycles. The number of aryl methyl sites for hydroxylation is 1. The van der Waals surface area contributed by atoms with Gasteiger partial charge in [0.15, 0.2) is 0 Å². The number of rotatable bonds is 6. The van der Waals surface area contributed by atoms with Gasteiger partial charge in [0.1, 0.15) is 5.75 Å². The number of carbonyl (C=O) groups excluding carboxylic acids is 1. The number of hydrogen-bond donors (Lipinski definition) is 0. The minimum Gasteiger partial charge on any atom is -0.496 e. The Bertz CT molecular complexity index is 774. The summed E-state index contributed by atoms with van der Waals surface area (Å²) in [5, 5.41) is 0.762. The van der Waals surface area contributed by atoms with Gasteiger partial charge in [0.2, 0.25) is 5.91 Å². The molecule has 0 radical (unpaired) electrons. The van der Waals surface area contributed by atoms with Crippen LogP contribution in [0.15, 0.2) is 46.9 Å². The summed E-state index contributed by atoms with van der Waals surface area (Å²) in [7, 11) is 1.65. The van der Waals surface area contributed by atoms with Crippen LogP contribution >= 0.6 is 27.5 Å². The molecule has 27 heavy (non-hydrogen) atoms. The molecule has 1 aliphatic rings. The molecule has 0 aliphatic carbocycles. The van der Waals surface area contributed by atoms with Crippen molar-refractivity contribution in [3.63, 3.8) is 0 Å². The maximum Gasteiger partial charge on any atom is 0.222 e. The van der Waals surface area contributed by atoms with Gasteiger partial charge in [-0.3, -0.25) is 9.69 Å². The molecule has 0 bridgehead atoms. The zero-order chi connectivity index (χ0) is 19.2. The number of methoxy groups -OCH3 is 1. The Balaban J connectivity index is 1.44. The molecule has 0 unspecified atom stereocenters. The number of carbonyl (C=O) groups is 1. The molecule has 144 valence electrons. The number of hydrogen-bond acceptors (Lipinski definition) is 3. The van der Waals surface area contributed by atoms with E-state index in [-0.39, 0.29) is 5.91 Å². The highest BCUT2D eigenvalue weighted by Crippen LogP contribution is 2.26. The lowest BCUT2D eigenvalue weighted by Crippen LogP contribution is -2.48. The molecule has 0 atom stereocenters. The first-order valence-corrected chi connectivity index (χ1v) is 10.3. The average molecular weight is 452 g/mol. The van der Waals surface area contributed by atoms with Crippen LogP contribution in [0.5, 0.6) is 5.75 Å². The molecule has 1 amide bonds. The second-order valence-corrected chi connectivity index (χ2v) is 8.04. The van der Waals surface area contributed by atoms with E-state index in [0.29, 0.717) is 6.42 Å². The Labute approximate surface area is 174 Å². The number of ether oxygens (including phenoxy) is 1. The van der Waals surface area contributed by atoms with Crippen molar-refractivity contribution in [3.05, 3.63) is 63.1 Å². The second kappa shape index (κ2) is 9.58. The van der Waals surface area contributed by atoms with Gasteiger partial charge < -0.3 is 9.64 Å². The van der Waals surface area contributed by atoms with Gasteiger partial charge in [-0.1, -0.05) is 29.8 Å². The van der Waals surface area contributed by atoms with Gasteiger partial charge in [0.05, 0.1) is 11.6 Å². The summed E-state index contributed by atoms with van der Waals surface area (Å²) < 4.78 is 6.17. The van der Waals surface area contributed by atoms with Crippen LogP contribution in [-0.2, 0) is 17.8 Å². The largest absolute Gasteiger partial charge is 0.496 e. The fraction of sp³-hybridized carbons (Fsp3) is 0.381. The number of amides is 1. The molecule has 2 aromatic rings. The lowest BCUT2D eigenvalue weighted by molar-refractivity contribution is -0.133. The molecule has 4 nitrogen and oxygen atoms in total. The molecular formula is C21H24BrClN2O2. The summed E-state index contributed by atoms with van der Waals surface area (Å²) >= 11 is 9.43. The van der Waals surface area contributed by atoms with Crippen molar-refractivity contribution >= 4 is 33.4 Å². The van der Waals surface area contributed by atoms with Gasteiger partial charge in [-0.25, -0.2) is 0 Å². The van der Waals surface area contributed by atoms with Crippen LogP contribution in [0.25, 0.3) is 0 Å². The van der Waals surface area contributed by atoms with E-state index >= 15 is 0 Å². The highest BCUT2D eigenvalue weighted by molar-refractivity contribution is 9.10. The summed E-state index contributed by atoms with van der Waals surface area (Å²) in [6.07, 6.45) is 1.28. The molecule has 2 aromatic carbocycles. The number of halogens is 2. The fourth-order valence-electron chi connectivity index (χ4n) is 3.28. The van der Waals surface area contributed by atoms with Crippen molar-refractivity contribution in [2.45, 2.75) is 19.4 Å². The van der Waals surface area contributed by atoms with Crippen molar-refractivity contribution in [3.8, 4) is 5.75 Å². The first-order chi connectivity index (χ1) is 13.0. The molecule has 6 heteroatoms. The van der Waals surface area contributed by atoms with Crippen LogP contribution in [0.3, 0.4) is 0 Å². The quantitative estimate of drug-likeness (QED) is 0.653. The van der Waals surface area contributed by atoms with Crippen LogP contribution in [0, 0.1) is 0 Å². The molecule has 3 rings (SSSR count). The molecule has 1 saturated heterocycles. The normalized spacial score (nSPS) is 15.0. The van der Waals surface area contributed by atoms with Crippen molar-refractivity contribution in [2.75, 3.05) is 33.3 Å². The number of nitrogens with zero attached hydrogens (tertiary/aromatic N) is 2. The summed E-state index contributed by atoms with van der Waals surface area (Å²) in [5.74, 6) is 1.04. The van der Waals surface area contributed by atoms with E-state index < -0.39 is 0 Å². The molecule has 0 aromatic heterocycles. The molecular weight excluding hydrogens is 428 g/mol. The van der Waals surface area contributed by atoms with Gasteiger partial charge in [0, 0.05) is 44.2 Å². The predicted octanol–water partition coefficient (Wildman–Crippen LogP) is 4.39. The smallest absolute Gasteiger partial charge is 0.222 e. The Morgan fingerprint density at radius 2 is 1.74 bits per heavy atom. The Kier molecular flexibility index (Phi) is 7.16. The number of piperazine rings is 1. The first-order valence-electron chi connectivity index (χ1n) is 9.12. The van der Waals surface area contributed by atoms with Gasteiger partial charge in [0.25, 0.3) is 0 Å². The van der Waals surface area contributed by atoms with Crippen LogP contribution < -0.4 is 4.74 Å². The van der Waals surface area contributed by atoms with E-state index in [9.17, 15) is 4.79 Å². The number of benzene rings is 2. The Morgan fingerprint density at radius 1 is 1.07 bits per heavy atom. The van der Waals surface area contributed by atoms with E-state index in [2.05, 4.69) is 33.0 Å². The van der Waals surface area contributed by atoms with Crippen molar-refractivity contribution in [1.82, 2.24) is 9.80 Å². The minimum atomic E-state index is 0.230.